The van der Waals surface area contributed by atoms with Crippen molar-refractivity contribution in [3.8, 4) is 0 Å². The van der Waals surface area contributed by atoms with E-state index in [9.17, 15) is 22.8 Å². The van der Waals surface area contributed by atoms with Gasteiger partial charge in [0.2, 0.25) is 11.8 Å². The van der Waals surface area contributed by atoms with Crippen LogP contribution in [0.5, 0.6) is 0 Å². The molecular weight excluding hydrogens is 449 g/mol. The molecule has 2 amide bonds. The fourth-order valence-corrected chi connectivity index (χ4v) is 6.01. The number of carbonyl (C=O) groups excluding carboxylic acids is 2. The minimum atomic E-state index is -4.42. The monoisotopic (exact) mass is 478 g/mol. The van der Waals surface area contributed by atoms with Gasteiger partial charge in [-0.3, -0.25) is 9.59 Å². The highest BCUT2D eigenvalue weighted by Crippen LogP contribution is 2.43. The highest BCUT2D eigenvalue weighted by atomic mass is 32.1. The van der Waals surface area contributed by atoms with Crippen molar-refractivity contribution in [1.29, 1.82) is 0 Å². The fourth-order valence-electron chi connectivity index (χ4n) is 5.10. The Labute approximate surface area is 196 Å². The molecule has 0 radical (unpaired) electrons. The summed E-state index contributed by atoms with van der Waals surface area (Å²) in [5.41, 5.74) is 0.916. The Morgan fingerprint density at radius 2 is 1.88 bits per heavy atom. The van der Waals surface area contributed by atoms with Gasteiger partial charge >= 0.3 is 6.18 Å². The number of rotatable bonds is 6. The molecule has 1 fully saturated rings. The van der Waals surface area contributed by atoms with E-state index in [1.54, 1.807) is 17.4 Å². The Morgan fingerprint density at radius 3 is 2.64 bits per heavy atom. The van der Waals surface area contributed by atoms with Crippen molar-refractivity contribution in [3.05, 3.63) is 57.3 Å². The number of fused-ring (bicyclic) bond motifs is 1. The molecule has 2 aliphatic rings. The summed E-state index contributed by atoms with van der Waals surface area (Å²) in [6, 6.07) is 7.16. The SMILES string of the molecule is O=C(CCC(=O)N1CCc2sccc2C1C1CCCCC1)NCc1cccc(C(F)(F)F)c1. The molecule has 0 saturated heterocycles. The molecule has 1 atom stereocenters. The number of amides is 2. The van der Waals surface area contributed by atoms with Gasteiger partial charge in [-0.1, -0.05) is 31.4 Å². The van der Waals surface area contributed by atoms with Crippen LogP contribution in [0, 0.1) is 5.92 Å². The van der Waals surface area contributed by atoms with Gasteiger partial charge in [-0.2, -0.15) is 13.2 Å². The van der Waals surface area contributed by atoms with E-state index in [0.717, 1.165) is 31.4 Å². The zero-order valence-corrected chi connectivity index (χ0v) is 19.3. The number of alkyl halides is 3. The van der Waals surface area contributed by atoms with Crippen molar-refractivity contribution < 1.29 is 22.8 Å². The van der Waals surface area contributed by atoms with Crippen molar-refractivity contribution >= 4 is 23.2 Å². The fraction of sp³-hybridized carbons (Fsp3) is 0.520. The van der Waals surface area contributed by atoms with Crippen LogP contribution in [-0.2, 0) is 28.7 Å². The van der Waals surface area contributed by atoms with Crippen LogP contribution in [-0.4, -0.2) is 23.3 Å². The van der Waals surface area contributed by atoms with E-state index in [1.807, 2.05) is 4.90 Å². The molecule has 1 N–H and O–H groups in total. The number of nitrogens with one attached hydrogen (secondary N) is 1. The molecular formula is C25H29F3N2O2S. The van der Waals surface area contributed by atoms with Gasteiger partial charge in [-0.15, -0.1) is 11.3 Å². The van der Waals surface area contributed by atoms with E-state index in [4.69, 9.17) is 0 Å². The predicted molar refractivity (Wildman–Crippen MR) is 122 cm³/mol. The molecule has 1 saturated carbocycles. The first-order valence-corrected chi connectivity index (χ1v) is 12.5. The molecule has 0 bridgehead atoms. The maximum atomic E-state index is 13.1. The summed E-state index contributed by atoms with van der Waals surface area (Å²) in [6.45, 7) is 0.684. The summed E-state index contributed by atoms with van der Waals surface area (Å²) in [5.74, 6) is 0.117. The van der Waals surface area contributed by atoms with Crippen molar-refractivity contribution in [2.45, 2.75) is 70.1 Å². The molecule has 4 nitrogen and oxygen atoms in total. The topological polar surface area (TPSA) is 49.4 Å². The Morgan fingerprint density at radius 1 is 1.09 bits per heavy atom. The number of hydrogen-bond acceptors (Lipinski definition) is 3. The highest BCUT2D eigenvalue weighted by Gasteiger charge is 2.37. The number of thiophene rings is 1. The Bertz CT molecular complexity index is 982. The summed E-state index contributed by atoms with van der Waals surface area (Å²) in [6.07, 6.45) is 2.46. The number of nitrogens with zero attached hydrogens (tertiary/aromatic N) is 1. The number of carbonyl (C=O) groups is 2. The molecule has 33 heavy (non-hydrogen) atoms. The third kappa shape index (κ3) is 5.78. The van der Waals surface area contributed by atoms with Crippen LogP contribution in [0.3, 0.4) is 0 Å². The molecule has 8 heteroatoms. The van der Waals surface area contributed by atoms with Crippen LogP contribution in [0.2, 0.25) is 0 Å². The van der Waals surface area contributed by atoms with Gasteiger partial charge in [-0.05, 0) is 59.9 Å². The lowest BCUT2D eigenvalue weighted by Gasteiger charge is -2.42. The number of benzene rings is 1. The average Bonchev–Trinajstić information content (AvgIpc) is 3.29. The van der Waals surface area contributed by atoms with Crippen molar-refractivity contribution in [2.75, 3.05) is 6.54 Å². The van der Waals surface area contributed by atoms with Crippen molar-refractivity contribution in [1.82, 2.24) is 10.2 Å². The molecule has 0 spiro atoms. The first kappa shape index (κ1) is 23.8. The van der Waals surface area contributed by atoms with E-state index in [-0.39, 0.29) is 37.2 Å². The lowest BCUT2D eigenvalue weighted by Crippen LogP contribution is -2.43. The third-order valence-corrected chi connectivity index (χ3v) is 7.74. The average molecular weight is 479 g/mol. The summed E-state index contributed by atoms with van der Waals surface area (Å²) < 4.78 is 38.6. The zero-order valence-electron chi connectivity index (χ0n) is 18.5. The van der Waals surface area contributed by atoms with Crippen LogP contribution < -0.4 is 5.32 Å². The van der Waals surface area contributed by atoms with Crippen molar-refractivity contribution in [2.24, 2.45) is 5.92 Å². The highest BCUT2D eigenvalue weighted by molar-refractivity contribution is 7.10. The molecule has 2 aromatic rings. The van der Waals surface area contributed by atoms with Gasteiger partial charge in [-0.25, -0.2) is 0 Å². The molecule has 1 aromatic heterocycles. The lowest BCUT2D eigenvalue weighted by molar-refractivity contribution is -0.138. The lowest BCUT2D eigenvalue weighted by atomic mass is 9.79. The largest absolute Gasteiger partial charge is 0.416 e. The van der Waals surface area contributed by atoms with Crippen LogP contribution >= 0.6 is 11.3 Å². The van der Waals surface area contributed by atoms with Crippen LogP contribution in [0.1, 0.15) is 72.6 Å². The Hall–Kier alpha value is -2.35. The standard InChI is InChI=1S/C25H29F3N2O2S/c26-25(27,28)19-8-4-5-17(15-19)16-29-22(31)9-10-23(32)30-13-11-21-20(12-14-33-21)24(30)18-6-2-1-3-7-18/h4-5,8,12,14-15,18,24H,1-3,6-7,9-11,13,16H2,(H,29,31). The summed E-state index contributed by atoms with van der Waals surface area (Å²) >= 11 is 1.76. The molecule has 1 aliphatic heterocycles. The normalized spacial score (nSPS) is 19.2. The summed E-state index contributed by atoms with van der Waals surface area (Å²) in [5, 5.41) is 4.75. The quantitative estimate of drug-likeness (QED) is 0.565. The molecule has 2 heterocycles. The minimum absolute atomic E-state index is 0.00359. The first-order chi connectivity index (χ1) is 15.8. The second-order valence-electron chi connectivity index (χ2n) is 8.95. The van der Waals surface area contributed by atoms with Crippen molar-refractivity contribution in [3.63, 3.8) is 0 Å². The number of hydrogen-bond donors (Lipinski definition) is 1. The van der Waals surface area contributed by atoms with E-state index >= 15 is 0 Å². The van der Waals surface area contributed by atoms with Crippen LogP contribution in [0.4, 0.5) is 13.2 Å². The molecule has 178 valence electrons. The minimum Gasteiger partial charge on any atom is -0.352 e. The predicted octanol–water partition coefficient (Wildman–Crippen LogP) is 5.87. The van der Waals surface area contributed by atoms with E-state index in [0.29, 0.717) is 18.0 Å². The maximum absolute atomic E-state index is 13.1. The van der Waals surface area contributed by atoms with Gasteiger partial charge < -0.3 is 10.2 Å². The summed E-state index contributed by atoms with van der Waals surface area (Å²) in [4.78, 5) is 28.8. The van der Waals surface area contributed by atoms with Crippen LogP contribution in [0.15, 0.2) is 35.7 Å². The molecule has 1 aromatic carbocycles. The molecule has 1 unspecified atom stereocenters. The van der Waals surface area contributed by atoms with Gasteiger partial charge in [0, 0.05) is 30.8 Å². The smallest absolute Gasteiger partial charge is 0.352 e. The van der Waals surface area contributed by atoms with Gasteiger partial charge in [0.1, 0.15) is 0 Å². The molecule has 1 aliphatic carbocycles. The van der Waals surface area contributed by atoms with Gasteiger partial charge in [0.05, 0.1) is 11.6 Å². The Kier molecular flexibility index (Phi) is 7.41. The van der Waals surface area contributed by atoms with E-state index in [2.05, 4.69) is 16.8 Å². The van der Waals surface area contributed by atoms with E-state index in [1.165, 1.54) is 35.8 Å². The second kappa shape index (κ2) is 10.3. The second-order valence-corrected chi connectivity index (χ2v) is 9.95. The maximum Gasteiger partial charge on any atom is 0.416 e. The molecule has 4 rings (SSSR count). The first-order valence-electron chi connectivity index (χ1n) is 11.6. The zero-order chi connectivity index (χ0) is 23.4. The van der Waals surface area contributed by atoms with Gasteiger partial charge in [0.25, 0.3) is 0 Å². The third-order valence-electron chi connectivity index (χ3n) is 6.74. The van der Waals surface area contributed by atoms with Gasteiger partial charge in [0.15, 0.2) is 0 Å². The summed E-state index contributed by atoms with van der Waals surface area (Å²) in [7, 11) is 0. The number of halogens is 3. The van der Waals surface area contributed by atoms with E-state index < -0.39 is 11.7 Å². The Balaban J connectivity index is 1.33. The van der Waals surface area contributed by atoms with Crippen LogP contribution in [0.25, 0.3) is 0 Å².